The predicted octanol–water partition coefficient (Wildman–Crippen LogP) is 2.50. The van der Waals surface area contributed by atoms with Gasteiger partial charge in [0.1, 0.15) is 5.37 Å². The molecule has 0 aromatic heterocycles. The van der Waals surface area contributed by atoms with Gasteiger partial charge in [-0.3, -0.25) is 14.4 Å². The van der Waals surface area contributed by atoms with Gasteiger partial charge in [0.25, 0.3) is 5.91 Å². The van der Waals surface area contributed by atoms with Gasteiger partial charge in [0.15, 0.2) is 5.78 Å². The van der Waals surface area contributed by atoms with Crippen molar-refractivity contribution in [1.29, 1.82) is 0 Å². The molecule has 2 rings (SSSR count). The summed E-state index contributed by atoms with van der Waals surface area (Å²) in [4.78, 5) is 38.1. The van der Waals surface area contributed by atoms with Crippen LogP contribution in [0.15, 0.2) is 35.4 Å². The fourth-order valence-electron chi connectivity index (χ4n) is 2.77. The molecule has 1 heterocycles. The van der Waals surface area contributed by atoms with Crippen LogP contribution in [-0.4, -0.2) is 45.8 Å². The number of carbonyl (C=O) groups is 3. The van der Waals surface area contributed by atoms with Crippen LogP contribution in [0.3, 0.4) is 0 Å². The number of nitrogens with zero attached hydrogens (tertiary/aromatic N) is 1. The summed E-state index contributed by atoms with van der Waals surface area (Å²) in [6, 6.07) is 7.11. The van der Waals surface area contributed by atoms with Gasteiger partial charge in [-0.25, -0.2) is 0 Å². The second-order valence-corrected chi connectivity index (χ2v) is 6.26. The first-order valence-corrected chi connectivity index (χ1v) is 8.59. The number of rotatable bonds is 6. The van der Waals surface area contributed by atoms with Gasteiger partial charge in [0, 0.05) is 23.3 Å². The van der Waals surface area contributed by atoms with Crippen molar-refractivity contribution in [2.24, 2.45) is 0 Å². The molecule has 0 spiro atoms. The Hall–Kier alpha value is -2.08. The number of hydrogen-bond acceptors (Lipinski definition) is 4. The van der Waals surface area contributed by atoms with Crippen LogP contribution in [0.4, 0.5) is 0 Å². The molecule has 5 nitrogen and oxygen atoms in total. The molecule has 23 heavy (non-hydrogen) atoms. The normalized spacial score (nSPS) is 17.8. The number of Topliss-reactive ketones (excluding diaryl/α,β-unsaturated/α-hetero) is 1. The van der Waals surface area contributed by atoms with Gasteiger partial charge in [-0.1, -0.05) is 23.8 Å². The number of ketones is 1. The minimum atomic E-state index is -1.11. The number of likely N-dealkylation sites (N-methyl/N-ethyl adjacent to an activating group) is 1. The lowest BCUT2D eigenvalue weighted by Crippen LogP contribution is -2.34. The SMILES string of the molecule is CCN1C(=O)C(CC(=O)O)=C(C(=O)c2cccc(C)c2)C1SC. The molecular formula is C17H19NO4S. The van der Waals surface area contributed by atoms with E-state index in [1.165, 1.54) is 11.8 Å². The summed E-state index contributed by atoms with van der Waals surface area (Å²) >= 11 is 1.37. The molecule has 0 radical (unpaired) electrons. The number of aryl methyl sites for hydroxylation is 1. The summed E-state index contributed by atoms with van der Waals surface area (Å²) in [6.45, 7) is 4.13. The molecule has 122 valence electrons. The number of carboxylic acids is 1. The fourth-order valence-corrected chi connectivity index (χ4v) is 3.75. The molecule has 0 fully saturated rings. The van der Waals surface area contributed by atoms with Crippen LogP contribution in [0.5, 0.6) is 0 Å². The summed E-state index contributed by atoms with van der Waals surface area (Å²) in [6.07, 6.45) is 1.38. The highest BCUT2D eigenvalue weighted by Gasteiger charge is 2.41. The monoisotopic (exact) mass is 333 g/mol. The minimum absolute atomic E-state index is 0.102. The largest absolute Gasteiger partial charge is 0.481 e. The van der Waals surface area contributed by atoms with Gasteiger partial charge in [-0.2, -0.15) is 0 Å². The molecule has 1 aliphatic rings. The molecule has 1 aliphatic heterocycles. The average Bonchev–Trinajstić information content (AvgIpc) is 2.77. The standard InChI is InChI=1S/C17H19NO4S/c1-4-18-16(22)12(9-13(19)20)14(17(18)23-3)15(21)11-7-5-6-10(2)8-11/h5-8,17H,4,9H2,1-3H3,(H,19,20). The van der Waals surface area contributed by atoms with Crippen LogP contribution in [0.1, 0.15) is 29.3 Å². The third-order valence-corrected chi connectivity index (χ3v) is 4.73. The van der Waals surface area contributed by atoms with Crippen molar-refractivity contribution in [2.75, 3.05) is 12.8 Å². The van der Waals surface area contributed by atoms with Gasteiger partial charge < -0.3 is 10.0 Å². The molecule has 1 unspecified atom stereocenters. The van der Waals surface area contributed by atoms with E-state index in [9.17, 15) is 14.4 Å². The first-order chi connectivity index (χ1) is 10.9. The molecule has 0 aliphatic carbocycles. The summed E-state index contributed by atoms with van der Waals surface area (Å²) in [5, 5.41) is 8.67. The Morgan fingerprint density at radius 1 is 1.35 bits per heavy atom. The third-order valence-electron chi connectivity index (χ3n) is 3.79. The topological polar surface area (TPSA) is 74.7 Å². The van der Waals surface area contributed by atoms with E-state index in [1.54, 1.807) is 23.1 Å². The van der Waals surface area contributed by atoms with E-state index >= 15 is 0 Å². The fraction of sp³-hybridized carbons (Fsp3) is 0.353. The molecule has 1 aromatic rings. The van der Waals surface area contributed by atoms with Gasteiger partial charge in [0.2, 0.25) is 0 Å². The predicted molar refractivity (Wildman–Crippen MR) is 89.5 cm³/mol. The van der Waals surface area contributed by atoms with Crippen molar-refractivity contribution in [3.05, 3.63) is 46.5 Å². The highest BCUT2D eigenvalue weighted by atomic mass is 32.2. The van der Waals surface area contributed by atoms with E-state index < -0.39 is 17.8 Å². The van der Waals surface area contributed by atoms with Crippen molar-refractivity contribution in [1.82, 2.24) is 4.90 Å². The van der Waals surface area contributed by atoms with Crippen molar-refractivity contribution in [2.45, 2.75) is 25.6 Å². The lowest BCUT2D eigenvalue weighted by molar-refractivity contribution is -0.137. The Bertz CT molecular complexity index is 696. The minimum Gasteiger partial charge on any atom is -0.481 e. The smallest absolute Gasteiger partial charge is 0.308 e. The first kappa shape index (κ1) is 17.3. The lowest BCUT2D eigenvalue weighted by Gasteiger charge is -2.23. The van der Waals surface area contributed by atoms with E-state index in [-0.39, 0.29) is 17.3 Å². The zero-order valence-electron chi connectivity index (χ0n) is 13.3. The number of benzene rings is 1. The Morgan fingerprint density at radius 2 is 2.04 bits per heavy atom. The number of carboxylic acid groups (broad SMARTS) is 1. The zero-order chi connectivity index (χ0) is 17.1. The van der Waals surface area contributed by atoms with Crippen molar-refractivity contribution in [3.8, 4) is 0 Å². The molecule has 0 bridgehead atoms. The quantitative estimate of drug-likeness (QED) is 0.810. The van der Waals surface area contributed by atoms with Gasteiger partial charge in [-0.05, 0) is 26.2 Å². The number of thioether (sulfide) groups is 1. The maximum atomic E-state index is 12.9. The van der Waals surface area contributed by atoms with Crippen LogP contribution < -0.4 is 0 Å². The van der Waals surface area contributed by atoms with Gasteiger partial charge >= 0.3 is 5.97 Å². The van der Waals surface area contributed by atoms with E-state index in [1.807, 2.05) is 26.2 Å². The van der Waals surface area contributed by atoms with E-state index in [2.05, 4.69) is 0 Å². The van der Waals surface area contributed by atoms with E-state index in [4.69, 9.17) is 5.11 Å². The molecule has 1 aromatic carbocycles. The molecule has 0 saturated heterocycles. The van der Waals surface area contributed by atoms with Crippen LogP contribution in [0.25, 0.3) is 0 Å². The van der Waals surface area contributed by atoms with Gasteiger partial charge in [-0.15, -0.1) is 11.8 Å². The first-order valence-electron chi connectivity index (χ1n) is 7.30. The van der Waals surface area contributed by atoms with Gasteiger partial charge in [0.05, 0.1) is 6.42 Å². The zero-order valence-corrected chi connectivity index (χ0v) is 14.1. The van der Waals surface area contributed by atoms with Crippen LogP contribution in [-0.2, 0) is 9.59 Å². The summed E-state index contributed by atoms with van der Waals surface area (Å²) < 4.78 is 0. The number of aliphatic carboxylic acids is 1. The van der Waals surface area contributed by atoms with Crippen LogP contribution >= 0.6 is 11.8 Å². The summed E-state index contributed by atoms with van der Waals surface area (Å²) in [7, 11) is 0. The number of carbonyl (C=O) groups excluding carboxylic acids is 2. The molecule has 1 N–H and O–H groups in total. The summed E-state index contributed by atoms with van der Waals surface area (Å²) in [5.74, 6) is -1.74. The van der Waals surface area contributed by atoms with Crippen LogP contribution in [0.2, 0.25) is 0 Å². The average molecular weight is 333 g/mol. The van der Waals surface area contributed by atoms with E-state index in [0.29, 0.717) is 17.7 Å². The Balaban J connectivity index is 2.55. The maximum Gasteiger partial charge on any atom is 0.308 e. The van der Waals surface area contributed by atoms with Crippen molar-refractivity contribution < 1.29 is 19.5 Å². The highest BCUT2D eigenvalue weighted by Crippen LogP contribution is 2.35. The van der Waals surface area contributed by atoms with Crippen molar-refractivity contribution in [3.63, 3.8) is 0 Å². The molecular weight excluding hydrogens is 314 g/mol. The number of hydrogen-bond donors (Lipinski definition) is 1. The molecule has 6 heteroatoms. The highest BCUT2D eigenvalue weighted by molar-refractivity contribution is 7.99. The van der Waals surface area contributed by atoms with E-state index in [0.717, 1.165) is 5.56 Å². The Kier molecular flexibility index (Phi) is 5.26. The number of amides is 1. The Morgan fingerprint density at radius 3 is 2.57 bits per heavy atom. The molecule has 1 amide bonds. The second kappa shape index (κ2) is 7.00. The maximum absolute atomic E-state index is 12.9. The van der Waals surface area contributed by atoms with Crippen molar-refractivity contribution >= 4 is 29.4 Å². The second-order valence-electron chi connectivity index (χ2n) is 5.34. The Labute approximate surface area is 139 Å². The third kappa shape index (κ3) is 3.32. The lowest BCUT2D eigenvalue weighted by atomic mass is 9.97. The molecule has 1 atom stereocenters. The van der Waals surface area contributed by atoms with Crippen LogP contribution in [0, 0.1) is 6.92 Å². The summed E-state index contributed by atoms with van der Waals surface area (Å²) in [5.41, 5.74) is 1.82. The molecule has 0 saturated carbocycles.